The van der Waals surface area contributed by atoms with Crippen molar-refractivity contribution in [2.45, 2.75) is 26.2 Å². The third-order valence-electron chi connectivity index (χ3n) is 7.14. The van der Waals surface area contributed by atoms with Gasteiger partial charge in [0.05, 0.1) is 35.9 Å². The molecule has 1 aliphatic heterocycles. The van der Waals surface area contributed by atoms with Crippen LogP contribution in [-0.4, -0.2) is 91.7 Å². The standard InChI is InChI=1S/C30H37N5O7/c1-3-41-29(39)30(10-5-13-40-2)16-21-6-4-7-23(14-21)42-18-27(37)31-11-12-35(17-26(36)32-19-30)28(38)22-8-9-24-25(15-22)34-20-33-24/h4,6-9,14-15,20H,3,5,10-13,16-19H2,1-2H3,(H,31,37)(H,32,36)(H,33,34). The van der Waals surface area contributed by atoms with E-state index >= 15 is 0 Å². The van der Waals surface area contributed by atoms with Gasteiger partial charge in [0, 0.05) is 38.9 Å². The summed E-state index contributed by atoms with van der Waals surface area (Å²) in [4.78, 5) is 61.3. The number of esters is 1. The predicted molar refractivity (Wildman–Crippen MR) is 154 cm³/mol. The van der Waals surface area contributed by atoms with Crippen LogP contribution in [0.2, 0.25) is 0 Å². The van der Waals surface area contributed by atoms with Crippen molar-refractivity contribution in [3.05, 3.63) is 59.9 Å². The van der Waals surface area contributed by atoms with E-state index in [1.165, 1.54) is 11.2 Å². The third kappa shape index (κ3) is 7.84. The molecular weight excluding hydrogens is 542 g/mol. The van der Waals surface area contributed by atoms with Crippen molar-refractivity contribution >= 4 is 34.7 Å². The number of benzene rings is 2. The van der Waals surface area contributed by atoms with Crippen LogP contribution in [-0.2, 0) is 30.3 Å². The highest BCUT2D eigenvalue weighted by atomic mass is 16.5. The van der Waals surface area contributed by atoms with Gasteiger partial charge in [0.25, 0.3) is 11.8 Å². The van der Waals surface area contributed by atoms with Crippen molar-refractivity contribution in [2.24, 2.45) is 5.41 Å². The van der Waals surface area contributed by atoms with Crippen molar-refractivity contribution in [3.63, 3.8) is 0 Å². The van der Waals surface area contributed by atoms with Crippen molar-refractivity contribution in [1.29, 1.82) is 0 Å². The third-order valence-corrected chi connectivity index (χ3v) is 7.14. The topological polar surface area (TPSA) is 152 Å². The second kappa shape index (κ2) is 14.4. The Balaban J connectivity index is 1.63. The van der Waals surface area contributed by atoms with Crippen LogP contribution in [0.4, 0.5) is 0 Å². The number of hydrogen-bond donors (Lipinski definition) is 3. The fourth-order valence-corrected chi connectivity index (χ4v) is 4.99. The second-order valence-electron chi connectivity index (χ2n) is 10.2. The number of imidazole rings is 1. The first-order chi connectivity index (χ1) is 20.3. The molecule has 3 aromatic rings. The van der Waals surface area contributed by atoms with Crippen LogP contribution in [0.15, 0.2) is 48.8 Å². The van der Waals surface area contributed by atoms with Gasteiger partial charge in [0.2, 0.25) is 5.91 Å². The summed E-state index contributed by atoms with van der Waals surface area (Å²) in [7, 11) is 1.59. The van der Waals surface area contributed by atoms with Gasteiger partial charge in [-0.05, 0) is 62.1 Å². The SMILES string of the molecule is CCOC(=O)C1(CCCOC)CNC(=O)CN(C(=O)c2ccc3nc[nH]c3c2)CCNC(=O)COc2cccc(c2)C1. The number of carbonyl (C=O) groups is 4. The van der Waals surface area contributed by atoms with Gasteiger partial charge < -0.3 is 34.7 Å². The minimum atomic E-state index is -1.10. The molecule has 3 N–H and O–H groups in total. The lowest BCUT2D eigenvalue weighted by molar-refractivity contribution is -0.156. The lowest BCUT2D eigenvalue weighted by Crippen LogP contribution is -2.49. The maximum Gasteiger partial charge on any atom is 0.314 e. The predicted octanol–water partition coefficient (Wildman–Crippen LogP) is 1.85. The molecule has 2 aromatic carbocycles. The van der Waals surface area contributed by atoms with Gasteiger partial charge in [0.15, 0.2) is 6.61 Å². The number of amides is 3. The molecular formula is C30H37N5O7. The molecule has 4 rings (SSSR count). The monoisotopic (exact) mass is 579 g/mol. The van der Waals surface area contributed by atoms with E-state index in [4.69, 9.17) is 14.2 Å². The minimum absolute atomic E-state index is 0.00165. The van der Waals surface area contributed by atoms with Gasteiger partial charge >= 0.3 is 5.97 Å². The van der Waals surface area contributed by atoms with E-state index in [9.17, 15) is 19.2 Å². The summed E-state index contributed by atoms with van der Waals surface area (Å²) < 4.78 is 16.5. The molecule has 1 unspecified atom stereocenters. The Morgan fingerprint density at radius 1 is 1.12 bits per heavy atom. The van der Waals surface area contributed by atoms with Gasteiger partial charge in [-0.15, -0.1) is 0 Å². The number of ether oxygens (including phenoxy) is 3. The highest BCUT2D eigenvalue weighted by Gasteiger charge is 2.40. The van der Waals surface area contributed by atoms with E-state index in [1.807, 2.05) is 6.07 Å². The lowest BCUT2D eigenvalue weighted by Gasteiger charge is -2.32. The molecule has 0 aliphatic carbocycles. The lowest BCUT2D eigenvalue weighted by atomic mass is 9.77. The van der Waals surface area contributed by atoms with Gasteiger partial charge in [-0.3, -0.25) is 19.2 Å². The number of H-pyrrole nitrogens is 1. The molecule has 12 heteroatoms. The Labute approximate surface area is 244 Å². The van der Waals surface area contributed by atoms with Crippen LogP contribution in [0.1, 0.15) is 35.7 Å². The first kappa shape index (κ1) is 30.5. The van der Waals surface area contributed by atoms with Crippen molar-refractivity contribution in [3.8, 4) is 5.75 Å². The Morgan fingerprint density at radius 2 is 1.98 bits per heavy atom. The molecule has 3 amide bonds. The molecule has 42 heavy (non-hydrogen) atoms. The summed E-state index contributed by atoms with van der Waals surface area (Å²) in [5, 5.41) is 5.63. The highest BCUT2D eigenvalue weighted by molar-refractivity contribution is 5.99. The summed E-state index contributed by atoms with van der Waals surface area (Å²) in [5.74, 6) is -1.17. The van der Waals surface area contributed by atoms with Crippen molar-refractivity contribution < 1.29 is 33.4 Å². The first-order valence-corrected chi connectivity index (χ1v) is 14.0. The average molecular weight is 580 g/mol. The summed E-state index contributed by atoms with van der Waals surface area (Å²) in [5.41, 5.74) is 1.44. The smallest absolute Gasteiger partial charge is 0.314 e. The molecule has 1 aromatic heterocycles. The molecule has 2 bridgehead atoms. The van der Waals surface area contributed by atoms with Crippen LogP contribution < -0.4 is 15.4 Å². The molecule has 0 saturated carbocycles. The normalized spacial score (nSPS) is 18.6. The number of aromatic amines is 1. The van der Waals surface area contributed by atoms with Crippen molar-refractivity contribution in [1.82, 2.24) is 25.5 Å². The van der Waals surface area contributed by atoms with Crippen LogP contribution >= 0.6 is 0 Å². The van der Waals surface area contributed by atoms with Gasteiger partial charge in [-0.2, -0.15) is 0 Å². The Bertz CT molecular complexity index is 1410. The number of aromatic nitrogens is 2. The molecule has 2 heterocycles. The van der Waals surface area contributed by atoms with Crippen molar-refractivity contribution in [2.75, 3.05) is 53.1 Å². The zero-order valence-corrected chi connectivity index (χ0v) is 23.9. The van der Waals surface area contributed by atoms with E-state index < -0.39 is 17.3 Å². The average Bonchev–Trinajstić information content (AvgIpc) is 3.46. The maximum absolute atomic E-state index is 13.5. The Morgan fingerprint density at radius 3 is 2.79 bits per heavy atom. The van der Waals surface area contributed by atoms with E-state index in [0.29, 0.717) is 41.8 Å². The van der Waals surface area contributed by atoms with E-state index in [1.54, 1.807) is 50.4 Å². The number of carbonyl (C=O) groups excluding carboxylic acids is 4. The summed E-state index contributed by atoms with van der Waals surface area (Å²) >= 11 is 0. The molecule has 0 fully saturated rings. The summed E-state index contributed by atoms with van der Waals surface area (Å²) in [6, 6.07) is 12.2. The first-order valence-electron chi connectivity index (χ1n) is 14.0. The Kier molecular flexibility index (Phi) is 10.5. The molecule has 1 aliphatic rings. The number of methoxy groups -OCH3 is 1. The zero-order valence-electron chi connectivity index (χ0n) is 23.9. The number of nitrogens with one attached hydrogen (secondary N) is 3. The van der Waals surface area contributed by atoms with E-state index in [2.05, 4.69) is 20.6 Å². The largest absolute Gasteiger partial charge is 0.484 e. The maximum atomic E-state index is 13.5. The second-order valence-corrected chi connectivity index (χ2v) is 10.2. The molecule has 0 saturated heterocycles. The summed E-state index contributed by atoms with van der Waals surface area (Å²) in [6.07, 6.45) is 2.74. The fraction of sp³-hybridized carbons (Fsp3) is 0.433. The number of hydrogen-bond acceptors (Lipinski definition) is 8. The van der Waals surface area contributed by atoms with Gasteiger partial charge in [0.1, 0.15) is 5.75 Å². The van der Waals surface area contributed by atoms with Crippen LogP contribution in [0, 0.1) is 5.41 Å². The van der Waals surface area contributed by atoms with Crippen LogP contribution in [0.25, 0.3) is 11.0 Å². The minimum Gasteiger partial charge on any atom is -0.484 e. The Hall–Kier alpha value is -4.45. The highest BCUT2D eigenvalue weighted by Crippen LogP contribution is 2.32. The molecule has 0 radical (unpaired) electrons. The van der Waals surface area contributed by atoms with Gasteiger partial charge in [-0.25, -0.2) is 4.98 Å². The molecule has 224 valence electrons. The molecule has 12 nitrogen and oxygen atoms in total. The molecule has 1 atom stereocenters. The summed E-state index contributed by atoms with van der Waals surface area (Å²) in [6.45, 7) is 2.01. The zero-order chi connectivity index (χ0) is 30.0. The quantitative estimate of drug-likeness (QED) is 0.283. The van der Waals surface area contributed by atoms with E-state index in [0.717, 1.165) is 5.56 Å². The fourth-order valence-electron chi connectivity index (χ4n) is 4.99. The number of nitrogens with zero attached hydrogens (tertiary/aromatic N) is 2. The van der Waals surface area contributed by atoms with Crippen LogP contribution in [0.3, 0.4) is 0 Å². The van der Waals surface area contributed by atoms with E-state index in [-0.39, 0.29) is 57.6 Å². The number of rotatable bonds is 7. The van der Waals surface area contributed by atoms with Gasteiger partial charge in [-0.1, -0.05) is 12.1 Å². The molecule has 0 spiro atoms. The number of fused-ring (bicyclic) bond motifs is 3. The van der Waals surface area contributed by atoms with Crippen LogP contribution in [0.5, 0.6) is 5.75 Å².